The van der Waals surface area contributed by atoms with E-state index in [4.69, 9.17) is 9.47 Å². The molecule has 4 rings (SSSR count). The third kappa shape index (κ3) is 5.26. The van der Waals surface area contributed by atoms with Gasteiger partial charge in [0.25, 0.3) is 0 Å². The van der Waals surface area contributed by atoms with Crippen molar-refractivity contribution in [1.82, 2.24) is 0 Å². The maximum absolute atomic E-state index is 5.42. The van der Waals surface area contributed by atoms with Crippen molar-refractivity contribution in [2.45, 2.75) is 13.1 Å². The van der Waals surface area contributed by atoms with E-state index in [0.29, 0.717) is 0 Å². The molecule has 4 aromatic rings. The molecule has 0 amide bonds. The minimum absolute atomic E-state index is 0.777. The largest absolute Gasteiger partial charge is 0.497 e. The zero-order valence-electron chi connectivity index (χ0n) is 18.0. The first-order valence-electron chi connectivity index (χ1n) is 10.4. The zero-order chi connectivity index (χ0) is 21.5. The second-order valence-corrected chi connectivity index (χ2v) is 7.47. The molecule has 3 nitrogen and oxygen atoms in total. The molecular formula is C28H27NO2. The average molecular weight is 410 g/mol. The van der Waals surface area contributed by atoms with Crippen molar-refractivity contribution >= 4 is 5.69 Å². The molecule has 0 bridgehead atoms. The minimum Gasteiger partial charge on any atom is -0.497 e. The Bertz CT molecular complexity index is 1060. The predicted molar refractivity (Wildman–Crippen MR) is 128 cm³/mol. The molecule has 3 heteroatoms. The molecule has 0 atom stereocenters. The molecule has 0 fully saturated rings. The molecule has 0 saturated heterocycles. The fraction of sp³-hybridized carbons (Fsp3) is 0.143. The lowest BCUT2D eigenvalue weighted by molar-refractivity contribution is 0.414. The number of hydrogen-bond donors (Lipinski definition) is 0. The highest BCUT2D eigenvalue weighted by Gasteiger charge is 2.11. The first kappa shape index (κ1) is 20.5. The highest BCUT2D eigenvalue weighted by molar-refractivity contribution is 5.66. The number of rotatable bonds is 8. The molecule has 0 aliphatic carbocycles. The van der Waals surface area contributed by atoms with E-state index in [1.54, 1.807) is 14.2 Å². The van der Waals surface area contributed by atoms with Crippen LogP contribution in [0.1, 0.15) is 11.1 Å². The lowest BCUT2D eigenvalue weighted by atomic mass is 10.0. The van der Waals surface area contributed by atoms with E-state index in [1.807, 2.05) is 30.3 Å². The van der Waals surface area contributed by atoms with Crippen LogP contribution >= 0.6 is 0 Å². The van der Waals surface area contributed by atoms with Gasteiger partial charge in [-0.25, -0.2) is 0 Å². The molecule has 0 aliphatic rings. The Labute approximate surface area is 184 Å². The van der Waals surface area contributed by atoms with E-state index in [9.17, 15) is 0 Å². The summed E-state index contributed by atoms with van der Waals surface area (Å²) in [5.74, 6) is 1.75. The molecule has 0 saturated carbocycles. The SMILES string of the molecule is COc1cccc(CN(Cc2cccc(OC)c2)c2ccc(-c3ccccc3)cc2)c1. The van der Waals surface area contributed by atoms with Gasteiger partial charge in [-0.1, -0.05) is 66.7 Å². The van der Waals surface area contributed by atoms with Crippen LogP contribution in [0.4, 0.5) is 5.69 Å². The van der Waals surface area contributed by atoms with Gasteiger partial charge in [-0.2, -0.15) is 0 Å². The van der Waals surface area contributed by atoms with Gasteiger partial charge in [0.2, 0.25) is 0 Å². The molecule has 0 aromatic heterocycles. The molecule has 0 radical (unpaired) electrons. The normalized spacial score (nSPS) is 10.5. The monoisotopic (exact) mass is 409 g/mol. The van der Waals surface area contributed by atoms with Gasteiger partial charge in [-0.3, -0.25) is 0 Å². The molecule has 0 aliphatic heterocycles. The second kappa shape index (κ2) is 9.86. The minimum atomic E-state index is 0.777. The van der Waals surface area contributed by atoms with E-state index in [0.717, 1.165) is 24.6 Å². The van der Waals surface area contributed by atoms with Crippen molar-refractivity contribution in [3.05, 3.63) is 114 Å². The molecule has 0 unspecified atom stereocenters. The summed E-state index contributed by atoms with van der Waals surface area (Å²) >= 11 is 0. The molecule has 0 spiro atoms. The summed E-state index contributed by atoms with van der Waals surface area (Å²) < 4.78 is 10.8. The Balaban J connectivity index is 1.63. The van der Waals surface area contributed by atoms with Crippen LogP contribution in [0, 0.1) is 0 Å². The van der Waals surface area contributed by atoms with Crippen molar-refractivity contribution in [2.75, 3.05) is 19.1 Å². The van der Waals surface area contributed by atoms with Crippen LogP contribution in [0.25, 0.3) is 11.1 Å². The van der Waals surface area contributed by atoms with Gasteiger partial charge in [0.15, 0.2) is 0 Å². The van der Waals surface area contributed by atoms with Gasteiger partial charge in [-0.15, -0.1) is 0 Å². The maximum atomic E-state index is 5.42. The summed E-state index contributed by atoms with van der Waals surface area (Å²) in [7, 11) is 3.41. The Morgan fingerprint density at radius 3 is 1.58 bits per heavy atom. The molecule has 0 N–H and O–H groups in total. The average Bonchev–Trinajstić information content (AvgIpc) is 2.84. The third-order valence-corrected chi connectivity index (χ3v) is 5.35. The van der Waals surface area contributed by atoms with Crippen molar-refractivity contribution in [1.29, 1.82) is 0 Å². The van der Waals surface area contributed by atoms with Crippen LogP contribution in [-0.4, -0.2) is 14.2 Å². The summed E-state index contributed by atoms with van der Waals surface area (Å²) in [5, 5.41) is 0. The van der Waals surface area contributed by atoms with Crippen molar-refractivity contribution in [3.8, 4) is 22.6 Å². The van der Waals surface area contributed by atoms with Gasteiger partial charge in [0.05, 0.1) is 14.2 Å². The van der Waals surface area contributed by atoms with E-state index >= 15 is 0 Å². The number of benzene rings is 4. The summed E-state index contributed by atoms with van der Waals surface area (Å²) in [4.78, 5) is 2.37. The summed E-state index contributed by atoms with van der Waals surface area (Å²) in [5.41, 5.74) is 6.02. The standard InChI is InChI=1S/C28H27NO2/c1-30-27-12-6-8-22(18-27)20-29(21-23-9-7-13-28(19-23)31-2)26-16-14-25(15-17-26)24-10-4-3-5-11-24/h3-19H,20-21H2,1-2H3. The second-order valence-electron chi connectivity index (χ2n) is 7.47. The zero-order valence-corrected chi connectivity index (χ0v) is 18.0. The van der Waals surface area contributed by atoms with Crippen LogP contribution in [0.2, 0.25) is 0 Å². The van der Waals surface area contributed by atoms with Gasteiger partial charge in [-0.05, 0) is 58.7 Å². The summed E-state index contributed by atoms with van der Waals surface area (Å²) in [6.07, 6.45) is 0. The van der Waals surface area contributed by atoms with Crippen LogP contribution in [0.5, 0.6) is 11.5 Å². The first-order chi connectivity index (χ1) is 15.2. The van der Waals surface area contributed by atoms with Crippen molar-refractivity contribution in [2.24, 2.45) is 0 Å². The molecular weight excluding hydrogens is 382 g/mol. The van der Waals surface area contributed by atoms with Gasteiger partial charge >= 0.3 is 0 Å². The summed E-state index contributed by atoms with van der Waals surface area (Å²) in [6.45, 7) is 1.55. The Kier molecular flexibility index (Phi) is 6.53. The van der Waals surface area contributed by atoms with Gasteiger partial charge in [0, 0.05) is 18.8 Å². The van der Waals surface area contributed by atoms with E-state index in [-0.39, 0.29) is 0 Å². The highest BCUT2D eigenvalue weighted by atomic mass is 16.5. The van der Waals surface area contributed by atoms with Crippen molar-refractivity contribution in [3.63, 3.8) is 0 Å². The third-order valence-electron chi connectivity index (χ3n) is 5.35. The Hall–Kier alpha value is -3.72. The van der Waals surface area contributed by atoms with Crippen molar-refractivity contribution < 1.29 is 9.47 Å². The fourth-order valence-corrected chi connectivity index (χ4v) is 3.72. The van der Waals surface area contributed by atoms with Crippen LogP contribution in [-0.2, 0) is 13.1 Å². The molecule has 156 valence electrons. The number of methoxy groups -OCH3 is 2. The first-order valence-corrected chi connectivity index (χ1v) is 10.4. The maximum Gasteiger partial charge on any atom is 0.119 e. The molecule has 0 heterocycles. The fourth-order valence-electron chi connectivity index (χ4n) is 3.72. The van der Waals surface area contributed by atoms with Crippen LogP contribution in [0.15, 0.2) is 103 Å². The number of anilines is 1. The number of nitrogens with zero attached hydrogens (tertiary/aromatic N) is 1. The molecule has 31 heavy (non-hydrogen) atoms. The van der Waals surface area contributed by atoms with E-state index in [2.05, 4.69) is 77.7 Å². The number of ether oxygens (including phenoxy) is 2. The lowest BCUT2D eigenvalue weighted by Crippen LogP contribution is -2.22. The molecule has 4 aromatic carbocycles. The Morgan fingerprint density at radius 2 is 1.06 bits per heavy atom. The Morgan fingerprint density at radius 1 is 0.548 bits per heavy atom. The summed E-state index contributed by atoms with van der Waals surface area (Å²) in [6, 6.07) is 35.7. The quantitative estimate of drug-likeness (QED) is 0.328. The van der Waals surface area contributed by atoms with E-state index < -0.39 is 0 Å². The topological polar surface area (TPSA) is 21.7 Å². The predicted octanol–water partition coefficient (Wildman–Crippen LogP) is 6.58. The van der Waals surface area contributed by atoms with E-state index in [1.165, 1.54) is 27.9 Å². The van der Waals surface area contributed by atoms with Crippen LogP contribution in [0.3, 0.4) is 0 Å². The lowest BCUT2D eigenvalue weighted by Gasteiger charge is -2.26. The smallest absolute Gasteiger partial charge is 0.119 e. The van der Waals surface area contributed by atoms with Gasteiger partial charge < -0.3 is 14.4 Å². The van der Waals surface area contributed by atoms with Crippen LogP contribution < -0.4 is 14.4 Å². The van der Waals surface area contributed by atoms with Gasteiger partial charge in [0.1, 0.15) is 11.5 Å². The number of hydrogen-bond acceptors (Lipinski definition) is 3. The highest BCUT2D eigenvalue weighted by Crippen LogP contribution is 2.27.